The van der Waals surface area contributed by atoms with E-state index in [2.05, 4.69) is 6.08 Å². The van der Waals surface area contributed by atoms with Crippen molar-refractivity contribution in [1.82, 2.24) is 0 Å². The molecule has 0 heterocycles. The lowest BCUT2D eigenvalue weighted by Gasteiger charge is -2.20. The molecule has 0 saturated carbocycles. The van der Waals surface area contributed by atoms with Crippen LogP contribution in [0.25, 0.3) is 0 Å². The summed E-state index contributed by atoms with van der Waals surface area (Å²) < 4.78 is 0. The third-order valence-electron chi connectivity index (χ3n) is 3.99. The van der Waals surface area contributed by atoms with Gasteiger partial charge >= 0.3 is 0 Å². The summed E-state index contributed by atoms with van der Waals surface area (Å²) in [7, 11) is 0. The van der Waals surface area contributed by atoms with E-state index in [-0.39, 0.29) is 17.7 Å². The maximum Gasteiger partial charge on any atom is 0.163 e. The average molecular weight is 257 g/mol. The minimum absolute atomic E-state index is 0.147. The second-order valence-corrected chi connectivity index (χ2v) is 5.42. The summed E-state index contributed by atoms with van der Waals surface area (Å²) in [5.74, 6) is 0.0880. The van der Waals surface area contributed by atoms with Crippen molar-refractivity contribution >= 4 is 5.78 Å². The lowest BCUT2D eigenvalue weighted by molar-refractivity contribution is -0.119. The lowest BCUT2D eigenvalue weighted by Crippen LogP contribution is -2.27. The molecule has 0 radical (unpaired) electrons. The molecule has 0 aromatic heterocycles. The number of hydrogen-bond donors (Lipinski definition) is 1. The minimum atomic E-state index is -0.210. The number of ketones is 1. The number of hydrogen-bond acceptors (Lipinski definition) is 2. The smallest absolute Gasteiger partial charge is 0.163 e. The summed E-state index contributed by atoms with van der Waals surface area (Å²) in [5, 5.41) is 0. The predicted molar refractivity (Wildman–Crippen MR) is 78.7 cm³/mol. The molecule has 1 aliphatic carbocycles. The first-order chi connectivity index (χ1) is 9.20. The largest absolute Gasteiger partial charge is 0.323 e. The topological polar surface area (TPSA) is 43.1 Å². The molecule has 0 bridgehead atoms. The predicted octanol–water partition coefficient (Wildman–Crippen LogP) is 3.78. The van der Waals surface area contributed by atoms with Gasteiger partial charge in [0.25, 0.3) is 0 Å². The van der Waals surface area contributed by atoms with Crippen LogP contribution >= 0.6 is 0 Å². The molecule has 2 unspecified atom stereocenters. The Morgan fingerprint density at radius 2 is 1.89 bits per heavy atom. The fourth-order valence-electron chi connectivity index (χ4n) is 2.66. The second-order valence-electron chi connectivity index (χ2n) is 5.42. The first-order valence-electron chi connectivity index (χ1n) is 7.24. The average Bonchev–Trinajstić information content (AvgIpc) is 2.75. The summed E-state index contributed by atoms with van der Waals surface area (Å²) in [6.07, 6.45) is 7.65. The zero-order valence-electron chi connectivity index (χ0n) is 11.6. The van der Waals surface area contributed by atoms with Crippen LogP contribution in [0.5, 0.6) is 0 Å². The number of nitrogens with two attached hydrogens (primary N) is 1. The van der Waals surface area contributed by atoms with Gasteiger partial charge in [0.15, 0.2) is 5.78 Å². The summed E-state index contributed by atoms with van der Waals surface area (Å²) >= 11 is 0. The van der Waals surface area contributed by atoms with Crippen molar-refractivity contribution in [1.29, 1.82) is 0 Å². The molecular formula is C17H23NO. The van der Waals surface area contributed by atoms with Crippen LogP contribution in [-0.2, 0) is 4.79 Å². The molecule has 2 heteroatoms. The summed E-state index contributed by atoms with van der Waals surface area (Å²) in [6.45, 7) is 1.95. The monoisotopic (exact) mass is 257 g/mol. The highest BCUT2D eigenvalue weighted by molar-refractivity contribution is 5.97. The van der Waals surface area contributed by atoms with Crippen LogP contribution in [0, 0.1) is 5.92 Å². The van der Waals surface area contributed by atoms with Gasteiger partial charge in [-0.05, 0) is 36.8 Å². The SMILES string of the molecule is CC(C(=O)C1=CCCCCC1)C(N)c1ccccc1. The van der Waals surface area contributed by atoms with Crippen LogP contribution < -0.4 is 5.73 Å². The Balaban J connectivity index is 2.08. The minimum Gasteiger partial charge on any atom is -0.323 e. The number of Topliss-reactive ketones (excluding diaryl/α,β-unsaturated/α-hetero) is 1. The third kappa shape index (κ3) is 3.54. The van der Waals surface area contributed by atoms with Crippen molar-refractivity contribution in [2.75, 3.05) is 0 Å². The van der Waals surface area contributed by atoms with Gasteiger partial charge in [0.1, 0.15) is 0 Å². The Bertz CT molecular complexity index is 450. The van der Waals surface area contributed by atoms with Gasteiger partial charge in [-0.2, -0.15) is 0 Å². The van der Waals surface area contributed by atoms with Gasteiger partial charge in [-0.15, -0.1) is 0 Å². The summed E-state index contributed by atoms with van der Waals surface area (Å²) in [4.78, 5) is 12.5. The van der Waals surface area contributed by atoms with Crippen LogP contribution in [0.4, 0.5) is 0 Å². The number of benzene rings is 1. The van der Waals surface area contributed by atoms with Crippen LogP contribution in [0.1, 0.15) is 50.6 Å². The molecule has 0 saturated heterocycles. The second kappa shape index (κ2) is 6.67. The molecule has 2 N–H and O–H groups in total. The van der Waals surface area contributed by atoms with Crippen molar-refractivity contribution in [2.45, 2.75) is 45.1 Å². The summed E-state index contributed by atoms with van der Waals surface area (Å²) in [5.41, 5.74) is 8.27. The highest BCUT2D eigenvalue weighted by Gasteiger charge is 2.24. The Morgan fingerprint density at radius 1 is 1.16 bits per heavy atom. The molecule has 0 fully saturated rings. The van der Waals surface area contributed by atoms with E-state index in [0.29, 0.717) is 0 Å². The number of carbonyl (C=O) groups is 1. The van der Waals surface area contributed by atoms with E-state index >= 15 is 0 Å². The maximum atomic E-state index is 12.5. The van der Waals surface area contributed by atoms with Gasteiger partial charge in [-0.1, -0.05) is 49.8 Å². The molecular weight excluding hydrogens is 234 g/mol. The first kappa shape index (κ1) is 14.0. The molecule has 0 aliphatic heterocycles. The van der Waals surface area contributed by atoms with E-state index in [4.69, 9.17) is 5.73 Å². The Morgan fingerprint density at radius 3 is 2.63 bits per heavy atom. The number of carbonyl (C=O) groups excluding carboxylic acids is 1. The molecule has 1 aliphatic rings. The molecule has 1 aromatic carbocycles. The van der Waals surface area contributed by atoms with Crippen LogP contribution in [0.15, 0.2) is 42.0 Å². The molecule has 2 rings (SSSR count). The number of rotatable bonds is 4. The zero-order chi connectivity index (χ0) is 13.7. The van der Waals surface area contributed by atoms with Gasteiger partial charge in [0.2, 0.25) is 0 Å². The molecule has 1 aromatic rings. The van der Waals surface area contributed by atoms with Crippen LogP contribution in [0.3, 0.4) is 0 Å². The molecule has 0 spiro atoms. The van der Waals surface area contributed by atoms with Crippen LogP contribution in [0.2, 0.25) is 0 Å². The number of allylic oxidation sites excluding steroid dienone is 2. The summed E-state index contributed by atoms with van der Waals surface area (Å²) in [6, 6.07) is 9.69. The normalized spacial score (nSPS) is 19.2. The van der Waals surface area contributed by atoms with Gasteiger partial charge in [-0.25, -0.2) is 0 Å². The quantitative estimate of drug-likeness (QED) is 0.892. The van der Waals surface area contributed by atoms with Crippen molar-refractivity contribution < 1.29 is 4.79 Å². The van der Waals surface area contributed by atoms with E-state index in [9.17, 15) is 4.79 Å². The maximum absolute atomic E-state index is 12.5. The standard InChI is InChI=1S/C17H23NO/c1-13(16(18)14-9-7-4-8-10-14)17(19)15-11-5-2-3-6-12-15/h4,7-11,13,16H,2-3,5-6,12,18H2,1H3. The molecule has 102 valence electrons. The van der Waals surface area contributed by atoms with E-state index in [1.165, 1.54) is 12.8 Å². The molecule has 2 nitrogen and oxygen atoms in total. The van der Waals surface area contributed by atoms with Gasteiger partial charge in [0.05, 0.1) is 0 Å². The highest BCUT2D eigenvalue weighted by atomic mass is 16.1. The Hall–Kier alpha value is -1.41. The highest BCUT2D eigenvalue weighted by Crippen LogP contribution is 2.26. The van der Waals surface area contributed by atoms with E-state index in [1.807, 2.05) is 37.3 Å². The van der Waals surface area contributed by atoms with Gasteiger partial charge in [-0.3, -0.25) is 4.79 Å². The van der Waals surface area contributed by atoms with Crippen LogP contribution in [-0.4, -0.2) is 5.78 Å². The molecule has 19 heavy (non-hydrogen) atoms. The Labute approximate surface area is 115 Å². The van der Waals surface area contributed by atoms with E-state index in [0.717, 1.165) is 30.4 Å². The Kier molecular flexibility index (Phi) is 4.92. The van der Waals surface area contributed by atoms with Crippen molar-refractivity contribution in [3.63, 3.8) is 0 Å². The van der Waals surface area contributed by atoms with Gasteiger partial charge in [0, 0.05) is 12.0 Å². The van der Waals surface area contributed by atoms with E-state index in [1.54, 1.807) is 0 Å². The zero-order valence-corrected chi connectivity index (χ0v) is 11.6. The molecule has 0 amide bonds. The van der Waals surface area contributed by atoms with Gasteiger partial charge < -0.3 is 5.73 Å². The fourth-order valence-corrected chi connectivity index (χ4v) is 2.66. The molecule has 2 atom stereocenters. The van der Waals surface area contributed by atoms with Crippen molar-refractivity contribution in [3.8, 4) is 0 Å². The van der Waals surface area contributed by atoms with E-state index < -0.39 is 0 Å². The fraction of sp³-hybridized carbons (Fsp3) is 0.471. The first-order valence-corrected chi connectivity index (χ1v) is 7.24. The van der Waals surface area contributed by atoms with Crippen molar-refractivity contribution in [2.24, 2.45) is 11.7 Å². The third-order valence-corrected chi connectivity index (χ3v) is 3.99. The van der Waals surface area contributed by atoms with Crippen molar-refractivity contribution in [3.05, 3.63) is 47.5 Å². The lowest BCUT2D eigenvalue weighted by atomic mass is 9.87.